The van der Waals surface area contributed by atoms with E-state index in [0.717, 1.165) is 21.8 Å². The molecule has 4 rings (SSSR count). The van der Waals surface area contributed by atoms with E-state index in [9.17, 15) is 5.11 Å². The van der Waals surface area contributed by atoms with Gasteiger partial charge in [0.25, 0.3) is 0 Å². The van der Waals surface area contributed by atoms with Crippen LogP contribution in [0.25, 0.3) is 10.6 Å². The number of para-hydroxylation sites is 1. The van der Waals surface area contributed by atoms with Crippen molar-refractivity contribution < 1.29 is 9.84 Å². The van der Waals surface area contributed by atoms with E-state index in [1.165, 1.54) is 10.0 Å². The molecule has 0 aliphatic carbocycles. The maximum Gasteiger partial charge on any atom is 0.245 e. The highest BCUT2D eigenvalue weighted by molar-refractivity contribution is 7.13. The van der Waals surface area contributed by atoms with Crippen molar-refractivity contribution >= 4 is 17.0 Å². The Hall–Kier alpha value is -2.97. The zero-order valence-corrected chi connectivity index (χ0v) is 14.9. The van der Waals surface area contributed by atoms with E-state index in [2.05, 4.69) is 15.4 Å². The van der Waals surface area contributed by atoms with Crippen LogP contribution in [0.1, 0.15) is 5.56 Å². The van der Waals surface area contributed by atoms with Crippen molar-refractivity contribution in [1.29, 1.82) is 0 Å². The zero-order valence-electron chi connectivity index (χ0n) is 14.1. The highest BCUT2D eigenvalue weighted by Gasteiger charge is 2.27. The Morgan fingerprint density at radius 1 is 1.08 bits per heavy atom. The van der Waals surface area contributed by atoms with E-state index in [1.54, 1.807) is 18.4 Å². The van der Waals surface area contributed by atoms with Crippen molar-refractivity contribution in [2.75, 3.05) is 12.1 Å². The van der Waals surface area contributed by atoms with Gasteiger partial charge in [-0.25, -0.2) is 9.99 Å². The normalized spacial score (nSPS) is 16.3. The number of rotatable bonds is 5. The van der Waals surface area contributed by atoms with E-state index in [0.29, 0.717) is 12.5 Å². The van der Waals surface area contributed by atoms with Gasteiger partial charge in [-0.1, -0.05) is 48.5 Å². The van der Waals surface area contributed by atoms with Gasteiger partial charge >= 0.3 is 0 Å². The molecule has 1 atom stereocenters. The summed E-state index contributed by atoms with van der Waals surface area (Å²) in [6.45, 7) is 0.316. The van der Waals surface area contributed by atoms with Gasteiger partial charge in [-0.3, -0.25) is 0 Å². The molecule has 8 heteroatoms. The van der Waals surface area contributed by atoms with E-state index in [1.807, 2.05) is 60.0 Å². The van der Waals surface area contributed by atoms with E-state index < -0.39 is 6.35 Å². The van der Waals surface area contributed by atoms with Gasteiger partial charge in [0.2, 0.25) is 12.2 Å². The minimum Gasteiger partial charge on any atom is -0.472 e. The topological polar surface area (TPSA) is 73.6 Å². The molecule has 1 N–H and O–H groups in total. The van der Waals surface area contributed by atoms with Crippen LogP contribution in [0.15, 0.2) is 70.4 Å². The van der Waals surface area contributed by atoms with Gasteiger partial charge in [0.1, 0.15) is 11.6 Å². The average molecular weight is 367 g/mol. The summed E-state index contributed by atoms with van der Waals surface area (Å²) in [5.74, 6) is 0.573. The fraction of sp³-hybridized carbons (Fsp3) is 0.167. The Balaban J connectivity index is 1.49. The van der Waals surface area contributed by atoms with Crippen LogP contribution >= 0.6 is 11.3 Å². The Morgan fingerprint density at radius 2 is 1.85 bits per heavy atom. The summed E-state index contributed by atoms with van der Waals surface area (Å²) in [4.78, 5) is 4.53. The largest absolute Gasteiger partial charge is 0.472 e. The molecule has 0 fully saturated rings. The number of thiazole rings is 1. The first kappa shape index (κ1) is 16.5. The van der Waals surface area contributed by atoms with Crippen LogP contribution in [0.2, 0.25) is 0 Å². The molecule has 1 aromatic heterocycles. The summed E-state index contributed by atoms with van der Waals surface area (Å²) in [6.07, 6.45) is -0.930. The first-order chi connectivity index (χ1) is 12.7. The number of nitrogens with zero attached hydrogens (tertiary/aromatic N) is 5. The van der Waals surface area contributed by atoms with Crippen LogP contribution in [0.5, 0.6) is 5.88 Å². The second-order valence-corrected chi connectivity index (χ2v) is 6.58. The van der Waals surface area contributed by atoms with Gasteiger partial charge in [-0.2, -0.15) is 5.01 Å². The van der Waals surface area contributed by atoms with E-state index in [-0.39, 0.29) is 0 Å². The quantitative estimate of drug-likeness (QED) is 0.744. The molecule has 0 saturated heterocycles. The SMILES string of the molecule is CN1N=NN(c2ccccc2COc2csc(-c3ccccc3)n2)C1O. The number of aliphatic hydroxyl groups is 1. The summed E-state index contributed by atoms with van der Waals surface area (Å²) < 4.78 is 5.86. The number of benzene rings is 2. The molecule has 0 amide bonds. The van der Waals surface area contributed by atoms with Crippen molar-refractivity contribution in [2.45, 2.75) is 13.0 Å². The average Bonchev–Trinajstić information content (AvgIpc) is 3.29. The fourth-order valence-electron chi connectivity index (χ4n) is 2.58. The molecule has 0 spiro atoms. The lowest BCUT2D eigenvalue weighted by Gasteiger charge is -2.22. The predicted octanol–water partition coefficient (Wildman–Crippen LogP) is 3.70. The molecule has 2 aromatic carbocycles. The molecule has 7 nitrogen and oxygen atoms in total. The van der Waals surface area contributed by atoms with Gasteiger partial charge in [-0.15, -0.1) is 11.3 Å². The van der Waals surface area contributed by atoms with Crippen LogP contribution in [-0.2, 0) is 6.61 Å². The lowest BCUT2D eigenvalue weighted by molar-refractivity contribution is 0.0456. The van der Waals surface area contributed by atoms with E-state index in [4.69, 9.17) is 4.74 Å². The molecule has 1 aliphatic rings. The van der Waals surface area contributed by atoms with Gasteiger partial charge in [0, 0.05) is 18.2 Å². The third kappa shape index (κ3) is 3.24. The number of hydrogen-bond acceptors (Lipinski definition) is 8. The summed E-state index contributed by atoms with van der Waals surface area (Å²) in [6, 6.07) is 17.6. The maximum atomic E-state index is 10.2. The molecule has 26 heavy (non-hydrogen) atoms. The minimum absolute atomic E-state index is 0.316. The Labute approximate surface area is 154 Å². The highest BCUT2D eigenvalue weighted by atomic mass is 32.1. The van der Waals surface area contributed by atoms with Gasteiger partial charge in [0.15, 0.2) is 0 Å². The third-order valence-electron chi connectivity index (χ3n) is 3.95. The molecular formula is C18H17N5O2S. The molecule has 1 unspecified atom stereocenters. The molecular weight excluding hydrogens is 350 g/mol. The third-order valence-corrected chi connectivity index (χ3v) is 4.82. The summed E-state index contributed by atoms with van der Waals surface area (Å²) in [5.41, 5.74) is 2.69. The van der Waals surface area contributed by atoms with Crippen LogP contribution in [0.3, 0.4) is 0 Å². The van der Waals surface area contributed by atoms with Crippen molar-refractivity contribution in [3.05, 3.63) is 65.5 Å². The number of anilines is 1. The van der Waals surface area contributed by atoms with Crippen LogP contribution < -0.4 is 9.75 Å². The molecule has 2 heterocycles. The molecule has 1 aliphatic heterocycles. The smallest absolute Gasteiger partial charge is 0.245 e. The van der Waals surface area contributed by atoms with Gasteiger partial charge in [-0.05, 0) is 16.5 Å². The minimum atomic E-state index is -0.930. The molecule has 132 valence electrons. The lowest BCUT2D eigenvalue weighted by Crippen LogP contribution is -2.36. The van der Waals surface area contributed by atoms with Gasteiger partial charge in [0.05, 0.1) is 11.1 Å². The van der Waals surface area contributed by atoms with Crippen molar-refractivity contribution in [1.82, 2.24) is 9.99 Å². The monoisotopic (exact) mass is 367 g/mol. The maximum absolute atomic E-state index is 10.2. The molecule has 0 bridgehead atoms. The number of aliphatic hydroxyl groups excluding tert-OH is 1. The Morgan fingerprint density at radius 3 is 2.62 bits per heavy atom. The highest BCUT2D eigenvalue weighted by Crippen LogP contribution is 2.30. The van der Waals surface area contributed by atoms with Gasteiger partial charge < -0.3 is 9.84 Å². The molecule has 0 saturated carbocycles. The standard InChI is InChI=1S/C18H17N5O2S/c1-22-18(24)23(21-20-22)15-10-6-5-9-14(15)11-25-16-12-26-17(19-16)13-7-3-2-4-8-13/h2-10,12,18,24H,11H2,1H3. The van der Waals surface area contributed by atoms with Crippen LogP contribution in [0, 0.1) is 0 Å². The van der Waals surface area contributed by atoms with Crippen molar-refractivity contribution in [3.63, 3.8) is 0 Å². The lowest BCUT2D eigenvalue weighted by atomic mass is 10.2. The van der Waals surface area contributed by atoms with E-state index >= 15 is 0 Å². The number of aromatic nitrogens is 1. The Bertz CT molecular complexity index is 915. The first-order valence-electron chi connectivity index (χ1n) is 8.06. The summed E-state index contributed by atoms with van der Waals surface area (Å²) in [7, 11) is 1.66. The molecule has 3 aromatic rings. The number of ether oxygens (including phenoxy) is 1. The van der Waals surface area contributed by atoms with Crippen molar-refractivity contribution in [2.24, 2.45) is 10.4 Å². The molecule has 0 radical (unpaired) electrons. The fourth-order valence-corrected chi connectivity index (χ4v) is 3.32. The predicted molar refractivity (Wildman–Crippen MR) is 99.4 cm³/mol. The second-order valence-electron chi connectivity index (χ2n) is 5.72. The summed E-state index contributed by atoms with van der Waals surface area (Å²) in [5, 5.41) is 23.7. The first-order valence-corrected chi connectivity index (χ1v) is 8.94. The van der Waals surface area contributed by atoms with Crippen molar-refractivity contribution in [3.8, 4) is 16.5 Å². The van der Waals surface area contributed by atoms with Crippen LogP contribution in [-0.4, -0.2) is 28.5 Å². The Kier molecular flexibility index (Phi) is 4.51. The van der Waals surface area contributed by atoms with Crippen LogP contribution in [0.4, 0.5) is 5.69 Å². The zero-order chi connectivity index (χ0) is 17.9. The second kappa shape index (κ2) is 7.11. The summed E-state index contributed by atoms with van der Waals surface area (Å²) >= 11 is 1.54. The number of hydrogen-bond donors (Lipinski definition) is 1.